The Balaban J connectivity index is 1.44. The highest BCUT2D eigenvalue weighted by Gasteiger charge is 2.40. The summed E-state index contributed by atoms with van der Waals surface area (Å²) in [6.07, 6.45) is 21.6. The van der Waals surface area contributed by atoms with Crippen molar-refractivity contribution in [3.8, 4) is 0 Å². The molecule has 0 saturated carbocycles. The monoisotopic (exact) mass is 421 g/mol. The first kappa shape index (κ1) is 24.9. The lowest BCUT2D eigenvalue weighted by molar-refractivity contribution is -0.123. The summed E-state index contributed by atoms with van der Waals surface area (Å²) in [6, 6.07) is -0.207. The van der Waals surface area contributed by atoms with Gasteiger partial charge in [0.25, 0.3) is 0 Å². The van der Waals surface area contributed by atoms with Gasteiger partial charge >= 0.3 is 0 Å². The van der Waals surface area contributed by atoms with E-state index in [9.17, 15) is 15.0 Å². The van der Waals surface area contributed by atoms with E-state index in [0.29, 0.717) is 25.2 Å². The van der Waals surface area contributed by atoms with Gasteiger partial charge in [0.2, 0.25) is 5.91 Å². The van der Waals surface area contributed by atoms with Crippen molar-refractivity contribution < 1.29 is 19.7 Å². The molecule has 0 radical (unpaired) electrons. The normalized spacial score (nSPS) is 25.4. The number of fused-ring (bicyclic) bond motifs is 1. The second-order valence-corrected chi connectivity index (χ2v) is 9.08. The highest BCUT2D eigenvalue weighted by atomic mass is 16.5. The molecule has 0 bridgehead atoms. The fraction of sp³-hybridized carbons (Fsp3) is 0.800. The molecular weight excluding hydrogens is 378 g/mol. The van der Waals surface area contributed by atoms with E-state index in [1.807, 2.05) is 0 Å². The molecule has 1 fully saturated rings. The summed E-state index contributed by atoms with van der Waals surface area (Å²) in [6.45, 7) is 2.59. The van der Waals surface area contributed by atoms with Gasteiger partial charge in [0.15, 0.2) is 0 Å². The Morgan fingerprint density at radius 2 is 1.60 bits per heavy atom. The summed E-state index contributed by atoms with van der Waals surface area (Å²) >= 11 is 0. The van der Waals surface area contributed by atoms with Gasteiger partial charge in [-0.2, -0.15) is 0 Å². The third-order valence-electron chi connectivity index (χ3n) is 6.19. The van der Waals surface area contributed by atoms with Crippen molar-refractivity contribution in [2.24, 2.45) is 0 Å². The first-order valence-corrected chi connectivity index (χ1v) is 12.3. The summed E-state index contributed by atoms with van der Waals surface area (Å²) in [5, 5.41) is 23.2. The molecule has 2 aliphatic rings. The van der Waals surface area contributed by atoms with Gasteiger partial charge in [-0.1, -0.05) is 90.0 Å². The summed E-state index contributed by atoms with van der Waals surface area (Å²) in [5.74, 6) is 0.419. The quantitative estimate of drug-likeness (QED) is 0.259. The molecule has 5 nitrogen and oxygen atoms in total. The molecule has 1 saturated heterocycles. The third-order valence-corrected chi connectivity index (χ3v) is 6.19. The zero-order valence-electron chi connectivity index (χ0n) is 18.9. The van der Waals surface area contributed by atoms with Crippen molar-refractivity contribution in [1.29, 1.82) is 0 Å². The highest BCUT2D eigenvalue weighted by molar-refractivity contribution is 5.76. The number of aliphatic hydroxyl groups is 2. The van der Waals surface area contributed by atoms with Crippen molar-refractivity contribution in [2.45, 2.75) is 121 Å². The molecule has 0 aromatic carbocycles. The van der Waals surface area contributed by atoms with Gasteiger partial charge in [-0.05, 0) is 18.6 Å². The van der Waals surface area contributed by atoms with Crippen molar-refractivity contribution in [2.75, 3.05) is 6.61 Å². The fourth-order valence-electron chi connectivity index (χ4n) is 4.36. The van der Waals surface area contributed by atoms with Gasteiger partial charge in [0.05, 0.1) is 12.1 Å². The second kappa shape index (κ2) is 13.9. The summed E-state index contributed by atoms with van der Waals surface area (Å²) in [7, 11) is 0. The van der Waals surface area contributed by atoms with Crippen LogP contribution in [0.1, 0.15) is 103 Å². The molecule has 2 rings (SSSR count). The molecular formula is C25H43NO4. The van der Waals surface area contributed by atoms with Crippen LogP contribution in [0.2, 0.25) is 0 Å². The lowest BCUT2D eigenvalue weighted by Gasteiger charge is -2.39. The summed E-state index contributed by atoms with van der Waals surface area (Å²) < 4.78 is 5.58. The zero-order valence-corrected chi connectivity index (χ0v) is 18.9. The minimum absolute atomic E-state index is 0.0301. The molecule has 172 valence electrons. The lowest BCUT2D eigenvalue weighted by Crippen LogP contribution is -2.50. The maximum absolute atomic E-state index is 12.2. The minimum Gasteiger partial charge on any atom is -0.493 e. The Bertz CT molecular complexity index is 559. The van der Waals surface area contributed by atoms with Crippen molar-refractivity contribution in [3.05, 3.63) is 24.0 Å². The molecule has 0 aromatic rings. The van der Waals surface area contributed by atoms with Crippen molar-refractivity contribution >= 4 is 5.91 Å². The summed E-state index contributed by atoms with van der Waals surface area (Å²) in [5.41, 5.74) is -1.22. The van der Waals surface area contributed by atoms with Crippen LogP contribution >= 0.6 is 0 Å². The van der Waals surface area contributed by atoms with E-state index < -0.39 is 11.7 Å². The highest BCUT2D eigenvalue weighted by Crippen LogP contribution is 2.33. The van der Waals surface area contributed by atoms with Gasteiger partial charge in [-0.3, -0.25) is 4.79 Å². The van der Waals surface area contributed by atoms with Gasteiger partial charge in [-0.25, -0.2) is 0 Å². The summed E-state index contributed by atoms with van der Waals surface area (Å²) in [4.78, 5) is 12.2. The number of hydrogen-bond acceptors (Lipinski definition) is 4. The molecule has 1 unspecified atom stereocenters. The van der Waals surface area contributed by atoms with Crippen LogP contribution in [0.15, 0.2) is 24.0 Å². The van der Waals surface area contributed by atoms with E-state index in [2.05, 4.69) is 12.2 Å². The topological polar surface area (TPSA) is 78.8 Å². The Kier molecular flexibility index (Phi) is 11.5. The zero-order chi connectivity index (χ0) is 21.7. The Hall–Kier alpha value is -1.33. The third kappa shape index (κ3) is 9.22. The predicted octanol–water partition coefficient (Wildman–Crippen LogP) is 4.92. The van der Waals surface area contributed by atoms with E-state index in [4.69, 9.17) is 4.74 Å². The number of amides is 1. The number of hydrogen-bond donors (Lipinski definition) is 3. The average Bonchev–Trinajstić information content (AvgIpc) is 2.72. The largest absolute Gasteiger partial charge is 0.493 e. The van der Waals surface area contributed by atoms with Crippen LogP contribution in [-0.4, -0.2) is 40.5 Å². The van der Waals surface area contributed by atoms with E-state index in [0.717, 1.165) is 12.8 Å². The first-order chi connectivity index (χ1) is 14.5. The number of aliphatic hydroxyl groups excluding tert-OH is 1. The number of ether oxygens (including phenoxy) is 1. The number of nitrogens with one attached hydrogen (secondary N) is 1. The molecule has 3 N–H and O–H groups in total. The van der Waals surface area contributed by atoms with Crippen molar-refractivity contribution in [1.82, 2.24) is 5.32 Å². The standard InChI is InChI=1S/C25H43NO4/c1-2-3-4-5-6-7-8-9-10-11-12-13-14-15-24(28)26-21-19-25(29)17-16-22(27)18-23(25)30-20-21/h16-18,21-22,27,29H,2-15,19-20H2,1H3,(H,26,28)/t21-,22?,25+/m0/s1. The van der Waals surface area contributed by atoms with E-state index in [1.54, 1.807) is 12.2 Å². The molecule has 3 atom stereocenters. The minimum atomic E-state index is -1.22. The van der Waals surface area contributed by atoms with Crippen LogP contribution in [0, 0.1) is 0 Å². The maximum Gasteiger partial charge on any atom is 0.220 e. The number of rotatable bonds is 15. The Morgan fingerprint density at radius 1 is 1.03 bits per heavy atom. The van der Waals surface area contributed by atoms with Crippen LogP contribution in [0.3, 0.4) is 0 Å². The van der Waals surface area contributed by atoms with Gasteiger partial charge < -0.3 is 20.3 Å². The van der Waals surface area contributed by atoms with Crippen LogP contribution in [-0.2, 0) is 9.53 Å². The van der Waals surface area contributed by atoms with Gasteiger partial charge in [0, 0.05) is 12.8 Å². The average molecular weight is 422 g/mol. The van der Waals surface area contributed by atoms with Crippen LogP contribution in [0.4, 0.5) is 0 Å². The lowest BCUT2D eigenvalue weighted by atomic mass is 9.86. The van der Waals surface area contributed by atoms with E-state index in [-0.39, 0.29) is 11.9 Å². The number of carbonyl (C=O) groups excluding carboxylic acids is 1. The van der Waals surface area contributed by atoms with E-state index >= 15 is 0 Å². The molecule has 5 heteroatoms. The SMILES string of the molecule is CCCCCCCCCCCCCCCC(=O)N[C@@H]1COC2=CC(O)C=C[C@@]2(O)C1. The second-order valence-electron chi connectivity index (χ2n) is 9.08. The number of carbonyl (C=O) groups is 1. The molecule has 30 heavy (non-hydrogen) atoms. The molecule has 1 aliphatic carbocycles. The molecule has 0 aromatic heterocycles. The number of unbranched alkanes of at least 4 members (excludes halogenated alkanes) is 12. The van der Waals surface area contributed by atoms with Crippen LogP contribution in [0.25, 0.3) is 0 Å². The smallest absolute Gasteiger partial charge is 0.220 e. The maximum atomic E-state index is 12.2. The van der Waals surface area contributed by atoms with E-state index in [1.165, 1.54) is 76.7 Å². The van der Waals surface area contributed by atoms with Gasteiger partial charge in [-0.15, -0.1) is 0 Å². The molecule has 1 amide bonds. The van der Waals surface area contributed by atoms with Crippen LogP contribution < -0.4 is 5.32 Å². The predicted molar refractivity (Wildman–Crippen MR) is 121 cm³/mol. The Morgan fingerprint density at radius 3 is 2.20 bits per heavy atom. The molecule has 1 heterocycles. The van der Waals surface area contributed by atoms with Gasteiger partial charge in [0.1, 0.15) is 18.0 Å². The molecule has 0 spiro atoms. The van der Waals surface area contributed by atoms with Crippen molar-refractivity contribution in [3.63, 3.8) is 0 Å². The first-order valence-electron chi connectivity index (χ1n) is 12.3. The van der Waals surface area contributed by atoms with Crippen LogP contribution in [0.5, 0.6) is 0 Å². The Labute approximate surface area is 183 Å². The fourth-order valence-corrected chi connectivity index (χ4v) is 4.36. The molecule has 1 aliphatic heterocycles.